The van der Waals surface area contributed by atoms with Gasteiger partial charge in [-0.1, -0.05) is 59.8 Å². The van der Waals surface area contributed by atoms with E-state index in [2.05, 4.69) is 76.3 Å². The van der Waals surface area contributed by atoms with E-state index in [1.165, 1.54) is 10.8 Å². The lowest BCUT2D eigenvalue weighted by atomic mass is 9.79. The zero-order chi connectivity index (χ0) is 51.2. The van der Waals surface area contributed by atoms with E-state index in [1.54, 1.807) is 25.8 Å². The highest BCUT2D eigenvalue weighted by molar-refractivity contribution is 14.1. The van der Waals surface area contributed by atoms with Gasteiger partial charge in [-0.05, 0) is 122 Å². The number of nitriles is 1. The van der Waals surface area contributed by atoms with Crippen LogP contribution in [0.15, 0.2) is 125 Å². The molecule has 0 radical (unpaired) electrons. The first-order valence-electron chi connectivity index (χ1n) is 23.9. The number of methoxy groups -OCH3 is 2. The van der Waals surface area contributed by atoms with Crippen LogP contribution in [-0.4, -0.2) is 100 Å². The maximum Gasteiger partial charge on any atom is 0.330 e. The molecule has 72 heavy (non-hydrogen) atoms. The molecule has 3 heterocycles. The second-order valence-corrected chi connectivity index (χ2v) is 20.4. The number of aromatic amines is 1. The van der Waals surface area contributed by atoms with Crippen molar-refractivity contribution < 1.29 is 37.5 Å². The maximum absolute atomic E-state index is 13.7. The molecule has 2 unspecified atom stereocenters. The van der Waals surface area contributed by atoms with E-state index >= 15 is 0 Å². The smallest absolute Gasteiger partial charge is 0.330 e. The Bertz CT molecular complexity index is 2730. The quantitative estimate of drug-likeness (QED) is 0.0235. The molecule has 5 atom stereocenters. The molecule has 382 valence electrons. The number of halogens is 1. The number of rotatable bonds is 26. The zero-order valence-corrected chi connectivity index (χ0v) is 44.7. The number of ether oxygens (including phenoxy) is 6. The third kappa shape index (κ3) is 13.6. The molecule has 17 nitrogen and oxygen atoms in total. The van der Waals surface area contributed by atoms with Crippen molar-refractivity contribution in [2.75, 3.05) is 40.6 Å². The molecule has 7 rings (SSSR count). The lowest BCUT2D eigenvalue weighted by Gasteiger charge is -2.42. The number of nitrogens with zero attached hydrogens (tertiary/aromatic N) is 6. The van der Waals surface area contributed by atoms with Crippen LogP contribution in [0, 0.1) is 21.8 Å². The van der Waals surface area contributed by atoms with E-state index in [9.17, 15) is 14.9 Å². The van der Waals surface area contributed by atoms with Crippen LogP contribution >= 0.6 is 31.1 Å². The molecular weight excluding hydrogens is 1050 g/mol. The second kappa shape index (κ2) is 25.9. The Balaban J connectivity index is 1.33. The first-order chi connectivity index (χ1) is 34.8. The van der Waals surface area contributed by atoms with Gasteiger partial charge in [-0.2, -0.15) is 5.26 Å². The van der Waals surface area contributed by atoms with E-state index in [1.807, 2.05) is 109 Å². The monoisotopic (exact) mass is 1120 g/mol. The highest BCUT2D eigenvalue weighted by atomic mass is 127. The van der Waals surface area contributed by atoms with Gasteiger partial charge in [0.05, 0.1) is 71.0 Å². The van der Waals surface area contributed by atoms with Gasteiger partial charge in [-0.25, -0.2) is 14.1 Å². The molecule has 19 heteroatoms. The number of aryl methyl sites for hydroxylation is 1. The Morgan fingerprint density at radius 2 is 1.47 bits per heavy atom. The summed E-state index contributed by atoms with van der Waals surface area (Å²) >= 11 is 2.26. The number of benzene rings is 4. The van der Waals surface area contributed by atoms with Crippen LogP contribution in [0.4, 0.5) is 0 Å². The van der Waals surface area contributed by atoms with E-state index in [-0.39, 0.29) is 38.0 Å². The van der Waals surface area contributed by atoms with Crippen LogP contribution in [0.5, 0.6) is 17.2 Å². The predicted molar refractivity (Wildman–Crippen MR) is 281 cm³/mol. The van der Waals surface area contributed by atoms with Gasteiger partial charge in [0.25, 0.3) is 14.1 Å². The molecular formula is C53H63IN7O10P. The first-order valence-corrected chi connectivity index (χ1v) is 26.1. The van der Waals surface area contributed by atoms with E-state index in [0.717, 1.165) is 26.0 Å². The van der Waals surface area contributed by atoms with Crippen LogP contribution in [0.2, 0.25) is 0 Å². The minimum Gasteiger partial charge on any atom is -0.497 e. The maximum atomic E-state index is 13.7. The lowest BCUT2D eigenvalue weighted by Crippen LogP contribution is -2.46. The Kier molecular flexibility index (Phi) is 19.6. The summed E-state index contributed by atoms with van der Waals surface area (Å²) in [6.45, 7) is 11.6. The molecule has 0 aliphatic carbocycles. The van der Waals surface area contributed by atoms with Crippen LogP contribution < -0.4 is 25.5 Å². The molecule has 0 bridgehead atoms. The molecule has 1 N–H and O–H groups in total. The number of aromatic nitrogens is 5. The molecule has 0 saturated carbocycles. The second-order valence-electron chi connectivity index (χ2n) is 17.7. The van der Waals surface area contributed by atoms with Crippen LogP contribution in [0.25, 0.3) is 0 Å². The Hall–Kier alpha value is -5.49. The summed E-state index contributed by atoms with van der Waals surface area (Å²) in [6, 6.07) is 35.4. The molecule has 0 spiro atoms. The summed E-state index contributed by atoms with van der Waals surface area (Å²) in [5.74, 6) is 2.10. The van der Waals surface area contributed by atoms with Crippen molar-refractivity contribution in [1.82, 2.24) is 29.2 Å². The molecule has 4 aromatic carbocycles. The first kappa shape index (κ1) is 54.3. The average molecular weight is 1120 g/mol. The van der Waals surface area contributed by atoms with Crippen molar-refractivity contribution >= 4 is 31.1 Å². The summed E-state index contributed by atoms with van der Waals surface area (Å²) in [4.78, 5) is 28.8. The number of nitrogens with one attached hydrogen (secondary N) is 1. The molecule has 1 aliphatic rings. The summed E-state index contributed by atoms with van der Waals surface area (Å²) < 4.78 is 58.2. The van der Waals surface area contributed by atoms with Crippen molar-refractivity contribution in [3.05, 3.63) is 168 Å². The lowest BCUT2D eigenvalue weighted by molar-refractivity contribution is -0.142. The SMILES string of the molecule is COc1ccc(C(OC(Cc2cn(CCOCCOc3ccc(I)cc3)nn2)[C@H]2O[C@@H](n3cc(C)c(=O)[nH]c3=O)C[C@@H]2OP(OCCC#N)N(C(C)C)C(C)C)(c2ccccc2)c2ccc(OC)cc2)cc1. The van der Waals surface area contributed by atoms with Crippen LogP contribution in [0.1, 0.15) is 74.7 Å². The summed E-state index contributed by atoms with van der Waals surface area (Å²) in [5, 5.41) is 18.8. The van der Waals surface area contributed by atoms with E-state index < -0.39 is 49.9 Å². The Morgan fingerprint density at radius 3 is 2.08 bits per heavy atom. The highest BCUT2D eigenvalue weighted by Gasteiger charge is 2.50. The zero-order valence-electron chi connectivity index (χ0n) is 41.7. The molecule has 0 amide bonds. The van der Waals surface area contributed by atoms with Crippen LogP contribution in [-0.2, 0) is 41.8 Å². The number of hydrogen-bond donors (Lipinski definition) is 1. The van der Waals surface area contributed by atoms with Crippen molar-refractivity contribution in [2.24, 2.45) is 0 Å². The molecule has 2 aromatic heterocycles. The van der Waals surface area contributed by atoms with Crippen molar-refractivity contribution in [3.8, 4) is 23.3 Å². The third-order valence-corrected chi connectivity index (χ3v) is 15.0. The van der Waals surface area contributed by atoms with Crippen molar-refractivity contribution in [2.45, 2.75) is 103 Å². The third-order valence-electron chi connectivity index (χ3n) is 12.1. The van der Waals surface area contributed by atoms with E-state index in [4.69, 9.17) is 37.5 Å². The number of hydrogen-bond acceptors (Lipinski definition) is 14. The van der Waals surface area contributed by atoms with E-state index in [0.29, 0.717) is 49.1 Å². The standard InChI is InChI=1S/C53H63IN7O10P/c1-36(2)61(37(3)4)72(68-28-11-26-55)71-48-33-49(60-34-38(5)51(62)56-52(60)63)69-50(48)47(32-43-35-59(58-57-43)27-29-66-30-31-67-46-24-18-42(54)19-25-46)70-53(39-12-9-8-10-13-39,40-14-20-44(64-6)21-15-40)41-16-22-45(65-7)23-17-41/h8-10,12-25,34-37,47-50H,11,27-33H2,1-7H3,(H,56,62,63)/t47?,48-,49+,50+,72?/m0/s1. The fourth-order valence-corrected chi connectivity index (χ4v) is 10.8. The van der Waals surface area contributed by atoms with Crippen LogP contribution in [0.3, 0.4) is 0 Å². The fourth-order valence-electron chi connectivity index (χ4n) is 8.71. The highest BCUT2D eigenvalue weighted by Crippen LogP contribution is 2.52. The van der Waals surface area contributed by atoms with Crippen molar-refractivity contribution in [1.29, 1.82) is 5.26 Å². The molecule has 1 fully saturated rings. The Labute approximate surface area is 435 Å². The van der Waals surface area contributed by atoms with Crippen molar-refractivity contribution in [3.63, 3.8) is 0 Å². The van der Waals surface area contributed by atoms with Gasteiger partial charge in [-0.15, -0.1) is 5.10 Å². The van der Waals surface area contributed by atoms with Gasteiger partial charge in [-0.3, -0.25) is 14.3 Å². The largest absolute Gasteiger partial charge is 0.497 e. The minimum absolute atomic E-state index is 0.0124. The topological polar surface area (TPSA) is 186 Å². The molecule has 6 aromatic rings. The van der Waals surface area contributed by atoms with Gasteiger partial charge in [0, 0.05) is 46.5 Å². The molecule has 1 saturated heterocycles. The molecule has 1 aliphatic heterocycles. The number of H-pyrrole nitrogens is 1. The summed E-state index contributed by atoms with van der Waals surface area (Å²) in [5.41, 5.74) is 0.844. The van der Waals surface area contributed by atoms with Gasteiger partial charge >= 0.3 is 5.69 Å². The van der Waals surface area contributed by atoms with Gasteiger partial charge in [0.15, 0.2) is 0 Å². The van der Waals surface area contributed by atoms with Gasteiger partial charge in [0.1, 0.15) is 41.8 Å². The fraction of sp³-hybridized carbons (Fsp3) is 0.415. The van der Waals surface area contributed by atoms with Gasteiger partial charge < -0.3 is 37.5 Å². The normalized spacial score (nSPS) is 16.8. The average Bonchev–Trinajstić information content (AvgIpc) is 4.02. The predicted octanol–water partition coefficient (Wildman–Crippen LogP) is 8.72. The summed E-state index contributed by atoms with van der Waals surface area (Å²) in [6.07, 6.45) is 0.351. The minimum atomic E-state index is -1.82. The Morgan fingerprint density at radius 1 is 0.847 bits per heavy atom. The summed E-state index contributed by atoms with van der Waals surface area (Å²) in [7, 11) is 1.42. The van der Waals surface area contributed by atoms with Gasteiger partial charge in [0.2, 0.25) is 0 Å².